The Bertz CT molecular complexity index is 740. The monoisotopic (exact) mass is 293 g/mol. The third kappa shape index (κ3) is 2.39. The average molecular weight is 293 g/mol. The van der Waals surface area contributed by atoms with E-state index in [0.29, 0.717) is 12.2 Å². The lowest BCUT2D eigenvalue weighted by atomic mass is 10.1. The molecule has 0 aliphatic heterocycles. The number of hydrogen-bond donors (Lipinski definition) is 1. The lowest BCUT2D eigenvalue weighted by molar-refractivity contribution is 0.423. The molecule has 2 N–H and O–H groups in total. The number of anilines is 1. The molecular formula is C13H9F2N3OS. The van der Waals surface area contributed by atoms with Gasteiger partial charge in [0, 0.05) is 23.1 Å². The molecule has 2 heterocycles. The molecule has 0 unspecified atom stereocenters. The molecule has 0 atom stereocenters. The summed E-state index contributed by atoms with van der Waals surface area (Å²) in [7, 11) is 0. The predicted octanol–water partition coefficient (Wildman–Crippen LogP) is 3.25. The Hall–Kier alpha value is -2.28. The van der Waals surface area contributed by atoms with Crippen LogP contribution in [0.1, 0.15) is 10.7 Å². The molecule has 102 valence electrons. The highest BCUT2D eigenvalue weighted by Gasteiger charge is 2.15. The van der Waals surface area contributed by atoms with Crippen molar-refractivity contribution in [1.29, 1.82) is 0 Å². The molecule has 0 aliphatic carbocycles. The second kappa shape index (κ2) is 5.01. The molecule has 4 nitrogen and oxygen atoms in total. The standard InChI is InChI=1S/C13H9F2N3OS/c14-9-5-8(11(16)6-10(9)15)13-17-12(18-19-13)4-7-2-1-3-20-7/h1-3,5-6H,4,16H2. The van der Waals surface area contributed by atoms with Gasteiger partial charge in [-0.15, -0.1) is 11.3 Å². The summed E-state index contributed by atoms with van der Waals surface area (Å²) in [5, 5.41) is 5.76. The fourth-order valence-corrected chi connectivity index (χ4v) is 2.45. The van der Waals surface area contributed by atoms with Crippen LogP contribution in [0.5, 0.6) is 0 Å². The average Bonchev–Trinajstić information content (AvgIpc) is 3.06. The van der Waals surface area contributed by atoms with Crippen molar-refractivity contribution in [2.45, 2.75) is 6.42 Å². The van der Waals surface area contributed by atoms with E-state index in [4.69, 9.17) is 10.3 Å². The van der Waals surface area contributed by atoms with E-state index in [2.05, 4.69) is 10.1 Å². The summed E-state index contributed by atoms with van der Waals surface area (Å²) >= 11 is 1.57. The molecule has 0 saturated heterocycles. The minimum Gasteiger partial charge on any atom is -0.398 e. The Labute approximate surface area is 116 Å². The maximum Gasteiger partial charge on any atom is 0.260 e. The molecule has 0 amide bonds. The van der Waals surface area contributed by atoms with Crippen molar-refractivity contribution >= 4 is 17.0 Å². The first kappa shape index (κ1) is 12.7. The highest BCUT2D eigenvalue weighted by atomic mass is 32.1. The van der Waals surface area contributed by atoms with Crippen LogP contribution in [-0.4, -0.2) is 10.1 Å². The number of aromatic nitrogens is 2. The topological polar surface area (TPSA) is 64.9 Å². The van der Waals surface area contributed by atoms with Gasteiger partial charge in [-0.25, -0.2) is 8.78 Å². The molecule has 0 saturated carbocycles. The van der Waals surface area contributed by atoms with Gasteiger partial charge in [0.15, 0.2) is 17.5 Å². The van der Waals surface area contributed by atoms with Crippen LogP contribution in [-0.2, 0) is 6.42 Å². The summed E-state index contributed by atoms with van der Waals surface area (Å²) < 4.78 is 31.3. The molecule has 2 aromatic heterocycles. The molecule has 0 aliphatic rings. The van der Waals surface area contributed by atoms with Crippen LogP contribution < -0.4 is 5.73 Å². The molecule has 0 bridgehead atoms. The number of nitrogens with zero attached hydrogens (tertiary/aromatic N) is 2. The van der Waals surface area contributed by atoms with Crippen molar-refractivity contribution in [1.82, 2.24) is 10.1 Å². The van der Waals surface area contributed by atoms with E-state index in [1.54, 1.807) is 11.3 Å². The van der Waals surface area contributed by atoms with Gasteiger partial charge >= 0.3 is 0 Å². The summed E-state index contributed by atoms with van der Waals surface area (Å²) in [6, 6.07) is 5.72. The zero-order valence-electron chi connectivity index (χ0n) is 10.1. The largest absolute Gasteiger partial charge is 0.398 e. The van der Waals surface area contributed by atoms with Crippen LogP contribution in [0.4, 0.5) is 14.5 Å². The lowest BCUT2D eigenvalue weighted by Gasteiger charge is -2.01. The van der Waals surface area contributed by atoms with Crippen LogP contribution in [0.25, 0.3) is 11.5 Å². The fourth-order valence-electron chi connectivity index (χ4n) is 1.75. The third-order valence-corrected chi connectivity index (χ3v) is 3.58. The van der Waals surface area contributed by atoms with Crippen LogP contribution in [0, 0.1) is 11.6 Å². The van der Waals surface area contributed by atoms with Crippen molar-refractivity contribution in [3.8, 4) is 11.5 Å². The van der Waals surface area contributed by atoms with E-state index in [0.717, 1.165) is 17.0 Å². The minimum absolute atomic E-state index is 0.0511. The Morgan fingerprint density at radius 1 is 1.25 bits per heavy atom. The fraction of sp³-hybridized carbons (Fsp3) is 0.0769. The molecule has 0 radical (unpaired) electrons. The van der Waals surface area contributed by atoms with Gasteiger partial charge in [0.05, 0.1) is 5.56 Å². The number of thiophene rings is 1. The number of hydrogen-bond acceptors (Lipinski definition) is 5. The summed E-state index contributed by atoms with van der Waals surface area (Å²) in [4.78, 5) is 5.23. The highest BCUT2D eigenvalue weighted by Crippen LogP contribution is 2.27. The molecule has 7 heteroatoms. The lowest BCUT2D eigenvalue weighted by Crippen LogP contribution is -1.95. The van der Waals surface area contributed by atoms with E-state index < -0.39 is 11.6 Å². The first-order chi connectivity index (χ1) is 9.63. The highest BCUT2D eigenvalue weighted by molar-refractivity contribution is 7.09. The maximum absolute atomic E-state index is 13.2. The smallest absolute Gasteiger partial charge is 0.260 e. The first-order valence-electron chi connectivity index (χ1n) is 5.73. The van der Waals surface area contributed by atoms with Crippen molar-refractivity contribution < 1.29 is 13.3 Å². The third-order valence-electron chi connectivity index (χ3n) is 2.70. The second-order valence-electron chi connectivity index (χ2n) is 4.13. The number of rotatable bonds is 3. The number of nitrogens with two attached hydrogens (primary N) is 1. The zero-order chi connectivity index (χ0) is 14.1. The summed E-state index contributed by atoms with van der Waals surface area (Å²) in [5.41, 5.74) is 5.88. The molecule has 20 heavy (non-hydrogen) atoms. The molecular weight excluding hydrogens is 284 g/mol. The Morgan fingerprint density at radius 3 is 2.80 bits per heavy atom. The van der Waals surface area contributed by atoms with Gasteiger partial charge in [0.25, 0.3) is 5.89 Å². The first-order valence-corrected chi connectivity index (χ1v) is 6.61. The van der Waals surface area contributed by atoms with E-state index in [9.17, 15) is 8.78 Å². The number of benzene rings is 1. The van der Waals surface area contributed by atoms with Gasteiger partial charge in [-0.1, -0.05) is 11.2 Å². The van der Waals surface area contributed by atoms with Crippen molar-refractivity contribution in [2.75, 3.05) is 5.73 Å². The van der Waals surface area contributed by atoms with E-state index in [-0.39, 0.29) is 17.1 Å². The minimum atomic E-state index is -1.01. The van der Waals surface area contributed by atoms with Crippen LogP contribution in [0.15, 0.2) is 34.2 Å². The quantitative estimate of drug-likeness (QED) is 0.753. The SMILES string of the molecule is Nc1cc(F)c(F)cc1-c1nc(Cc2cccs2)no1. The van der Waals surface area contributed by atoms with Crippen LogP contribution in [0.3, 0.4) is 0 Å². The van der Waals surface area contributed by atoms with Gasteiger partial charge in [0.2, 0.25) is 0 Å². The van der Waals surface area contributed by atoms with Gasteiger partial charge in [0.1, 0.15) is 0 Å². The van der Waals surface area contributed by atoms with Gasteiger partial charge in [-0.2, -0.15) is 4.98 Å². The summed E-state index contributed by atoms with van der Waals surface area (Å²) in [5.74, 6) is -1.48. The van der Waals surface area contributed by atoms with Gasteiger partial charge < -0.3 is 10.3 Å². The van der Waals surface area contributed by atoms with Crippen LogP contribution in [0.2, 0.25) is 0 Å². The van der Waals surface area contributed by atoms with Crippen molar-refractivity contribution in [3.63, 3.8) is 0 Å². The Kier molecular flexibility index (Phi) is 3.19. The predicted molar refractivity (Wildman–Crippen MR) is 71.2 cm³/mol. The number of halogens is 2. The zero-order valence-corrected chi connectivity index (χ0v) is 11.0. The maximum atomic E-state index is 13.2. The molecule has 3 rings (SSSR count). The normalized spacial score (nSPS) is 10.9. The molecule has 0 fully saturated rings. The van der Waals surface area contributed by atoms with Gasteiger partial charge in [-0.3, -0.25) is 0 Å². The van der Waals surface area contributed by atoms with Gasteiger partial charge in [-0.05, 0) is 17.5 Å². The second-order valence-corrected chi connectivity index (χ2v) is 5.16. The Balaban J connectivity index is 1.92. The molecule has 3 aromatic rings. The molecule has 1 aromatic carbocycles. The van der Waals surface area contributed by atoms with E-state index in [1.807, 2.05) is 17.5 Å². The van der Waals surface area contributed by atoms with Crippen molar-refractivity contribution in [2.24, 2.45) is 0 Å². The van der Waals surface area contributed by atoms with Crippen LogP contribution >= 0.6 is 11.3 Å². The van der Waals surface area contributed by atoms with E-state index >= 15 is 0 Å². The molecule has 0 spiro atoms. The summed E-state index contributed by atoms with van der Waals surface area (Å²) in [6.45, 7) is 0. The van der Waals surface area contributed by atoms with Crippen molar-refractivity contribution in [3.05, 3.63) is 52.0 Å². The summed E-state index contributed by atoms with van der Waals surface area (Å²) in [6.07, 6.45) is 0.519. The number of nitrogen functional groups attached to an aromatic ring is 1. The van der Waals surface area contributed by atoms with E-state index in [1.165, 1.54) is 0 Å². The Morgan fingerprint density at radius 2 is 2.05 bits per heavy atom.